The molecule has 3 rings (SSSR count). The zero-order valence-corrected chi connectivity index (χ0v) is 11.8. The fraction of sp³-hybridized carbons (Fsp3) is 0.375. The third-order valence-corrected chi connectivity index (χ3v) is 3.72. The standard InChI is InChI=1S/C16H19N3O2/c20-16(18-11-14-6-3-9-21-14)15-10-13(7-8-17-15)19-12-4-1-2-5-12/h3,6-10,12H,1-2,4-5,11H2,(H,17,19)(H,18,20). The Morgan fingerprint density at radius 1 is 1.33 bits per heavy atom. The summed E-state index contributed by atoms with van der Waals surface area (Å²) in [5, 5.41) is 6.27. The largest absolute Gasteiger partial charge is 0.467 e. The molecule has 1 aliphatic carbocycles. The highest BCUT2D eigenvalue weighted by molar-refractivity contribution is 5.93. The van der Waals surface area contributed by atoms with Crippen molar-refractivity contribution in [3.63, 3.8) is 0 Å². The van der Waals surface area contributed by atoms with Gasteiger partial charge in [-0.25, -0.2) is 0 Å². The predicted molar refractivity (Wildman–Crippen MR) is 80.0 cm³/mol. The molecule has 1 aliphatic rings. The van der Waals surface area contributed by atoms with E-state index in [1.165, 1.54) is 25.7 Å². The van der Waals surface area contributed by atoms with E-state index in [2.05, 4.69) is 15.6 Å². The third-order valence-electron chi connectivity index (χ3n) is 3.72. The van der Waals surface area contributed by atoms with E-state index < -0.39 is 0 Å². The summed E-state index contributed by atoms with van der Waals surface area (Å²) in [6.45, 7) is 0.369. The molecule has 2 aromatic rings. The molecular weight excluding hydrogens is 266 g/mol. The van der Waals surface area contributed by atoms with Crippen LogP contribution in [-0.2, 0) is 6.54 Å². The van der Waals surface area contributed by atoms with E-state index in [1.54, 1.807) is 24.6 Å². The van der Waals surface area contributed by atoms with Crippen molar-refractivity contribution in [1.29, 1.82) is 0 Å². The van der Waals surface area contributed by atoms with Gasteiger partial charge in [0, 0.05) is 17.9 Å². The molecule has 2 aromatic heterocycles. The van der Waals surface area contributed by atoms with Gasteiger partial charge in [0.2, 0.25) is 0 Å². The van der Waals surface area contributed by atoms with Crippen LogP contribution in [0.3, 0.4) is 0 Å². The smallest absolute Gasteiger partial charge is 0.270 e. The van der Waals surface area contributed by atoms with Crippen LogP contribution in [0.2, 0.25) is 0 Å². The summed E-state index contributed by atoms with van der Waals surface area (Å²) in [5.74, 6) is 0.532. The van der Waals surface area contributed by atoms with Crippen molar-refractivity contribution in [2.24, 2.45) is 0 Å². The summed E-state index contributed by atoms with van der Waals surface area (Å²) in [7, 11) is 0. The lowest BCUT2D eigenvalue weighted by molar-refractivity contribution is 0.0943. The van der Waals surface area contributed by atoms with Crippen molar-refractivity contribution in [2.45, 2.75) is 38.3 Å². The molecule has 2 N–H and O–H groups in total. The lowest BCUT2D eigenvalue weighted by Gasteiger charge is -2.13. The van der Waals surface area contributed by atoms with Gasteiger partial charge in [-0.2, -0.15) is 0 Å². The topological polar surface area (TPSA) is 67.2 Å². The average Bonchev–Trinajstić information content (AvgIpc) is 3.18. The summed E-state index contributed by atoms with van der Waals surface area (Å²) in [6.07, 6.45) is 8.20. The highest BCUT2D eigenvalue weighted by Gasteiger charge is 2.15. The van der Waals surface area contributed by atoms with Crippen LogP contribution < -0.4 is 10.6 Å². The Balaban J connectivity index is 1.60. The van der Waals surface area contributed by atoms with Gasteiger partial charge in [0.1, 0.15) is 11.5 Å². The van der Waals surface area contributed by atoms with Crippen LogP contribution >= 0.6 is 0 Å². The molecule has 5 nitrogen and oxygen atoms in total. The number of carbonyl (C=O) groups is 1. The van der Waals surface area contributed by atoms with E-state index >= 15 is 0 Å². The fourth-order valence-electron chi connectivity index (χ4n) is 2.62. The summed E-state index contributed by atoms with van der Waals surface area (Å²) in [5.41, 5.74) is 1.38. The quantitative estimate of drug-likeness (QED) is 0.886. The van der Waals surface area contributed by atoms with Crippen LogP contribution in [0.15, 0.2) is 41.1 Å². The molecule has 0 saturated heterocycles. The number of furan rings is 1. The second-order valence-corrected chi connectivity index (χ2v) is 5.32. The lowest BCUT2D eigenvalue weighted by Crippen LogP contribution is -2.24. The van der Waals surface area contributed by atoms with Crippen molar-refractivity contribution in [2.75, 3.05) is 5.32 Å². The third kappa shape index (κ3) is 3.62. The second-order valence-electron chi connectivity index (χ2n) is 5.32. The highest BCUT2D eigenvalue weighted by Crippen LogP contribution is 2.22. The van der Waals surface area contributed by atoms with Gasteiger partial charge >= 0.3 is 0 Å². The molecule has 1 fully saturated rings. The summed E-state index contributed by atoms with van der Waals surface area (Å²) in [6, 6.07) is 7.85. The van der Waals surface area contributed by atoms with E-state index in [0.29, 0.717) is 18.3 Å². The number of anilines is 1. The Labute approximate surface area is 123 Å². The molecule has 1 saturated carbocycles. The van der Waals surface area contributed by atoms with Gasteiger partial charge in [0.05, 0.1) is 12.8 Å². The molecule has 0 unspecified atom stereocenters. The van der Waals surface area contributed by atoms with Gasteiger partial charge in [-0.3, -0.25) is 9.78 Å². The van der Waals surface area contributed by atoms with Gasteiger partial charge in [-0.05, 0) is 37.1 Å². The number of hydrogen-bond acceptors (Lipinski definition) is 4. The predicted octanol–water partition coefficient (Wildman–Crippen LogP) is 2.96. The number of nitrogens with one attached hydrogen (secondary N) is 2. The zero-order valence-electron chi connectivity index (χ0n) is 11.8. The van der Waals surface area contributed by atoms with Crippen LogP contribution in [0.25, 0.3) is 0 Å². The molecule has 110 valence electrons. The molecule has 2 heterocycles. The minimum absolute atomic E-state index is 0.193. The first kappa shape index (κ1) is 13.7. The molecule has 0 bridgehead atoms. The number of pyridine rings is 1. The number of rotatable bonds is 5. The van der Waals surface area contributed by atoms with Crippen molar-refractivity contribution < 1.29 is 9.21 Å². The minimum atomic E-state index is -0.193. The first-order valence-corrected chi connectivity index (χ1v) is 7.34. The lowest BCUT2D eigenvalue weighted by atomic mass is 10.2. The molecule has 0 atom stereocenters. The van der Waals surface area contributed by atoms with E-state index in [9.17, 15) is 4.79 Å². The first-order valence-electron chi connectivity index (χ1n) is 7.34. The van der Waals surface area contributed by atoms with Crippen LogP contribution in [0.5, 0.6) is 0 Å². The van der Waals surface area contributed by atoms with Gasteiger partial charge in [-0.15, -0.1) is 0 Å². The Morgan fingerprint density at radius 2 is 2.19 bits per heavy atom. The zero-order chi connectivity index (χ0) is 14.5. The summed E-state index contributed by atoms with van der Waals surface area (Å²) >= 11 is 0. The van der Waals surface area contributed by atoms with Crippen molar-refractivity contribution in [1.82, 2.24) is 10.3 Å². The highest BCUT2D eigenvalue weighted by atomic mass is 16.3. The SMILES string of the molecule is O=C(NCc1ccco1)c1cc(NC2CCCC2)ccn1. The van der Waals surface area contributed by atoms with Crippen LogP contribution in [0, 0.1) is 0 Å². The van der Waals surface area contributed by atoms with E-state index in [-0.39, 0.29) is 5.91 Å². The Hall–Kier alpha value is -2.30. The number of nitrogens with zero attached hydrogens (tertiary/aromatic N) is 1. The van der Waals surface area contributed by atoms with E-state index in [1.807, 2.05) is 12.1 Å². The first-order chi connectivity index (χ1) is 10.3. The molecule has 0 spiro atoms. The van der Waals surface area contributed by atoms with Gasteiger partial charge < -0.3 is 15.1 Å². The molecule has 5 heteroatoms. The van der Waals surface area contributed by atoms with Crippen LogP contribution in [0.4, 0.5) is 5.69 Å². The summed E-state index contributed by atoms with van der Waals surface area (Å²) in [4.78, 5) is 16.2. The Kier molecular flexibility index (Phi) is 4.19. The second kappa shape index (κ2) is 6.43. The maximum absolute atomic E-state index is 12.1. The molecule has 0 aromatic carbocycles. The number of aromatic nitrogens is 1. The maximum atomic E-state index is 12.1. The van der Waals surface area contributed by atoms with Crippen molar-refractivity contribution in [3.8, 4) is 0 Å². The van der Waals surface area contributed by atoms with Crippen LogP contribution in [-0.4, -0.2) is 16.9 Å². The monoisotopic (exact) mass is 285 g/mol. The molecule has 21 heavy (non-hydrogen) atoms. The number of amides is 1. The fourth-order valence-corrected chi connectivity index (χ4v) is 2.62. The molecule has 0 radical (unpaired) electrons. The maximum Gasteiger partial charge on any atom is 0.270 e. The van der Waals surface area contributed by atoms with Gasteiger partial charge in [-0.1, -0.05) is 12.8 Å². The summed E-state index contributed by atoms with van der Waals surface area (Å²) < 4.78 is 5.18. The van der Waals surface area contributed by atoms with Crippen molar-refractivity contribution in [3.05, 3.63) is 48.2 Å². The average molecular weight is 285 g/mol. The number of carbonyl (C=O) groups excluding carboxylic acids is 1. The van der Waals surface area contributed by atoms with E-state index in [0.717, 1.165) is 11.4 Å². The molecule has 0 aliphatic heterocycles. The van der Waals surface area contributed by atoms with E-state index in [4.69, 9.17) is 4.42 Å². The Morgan fingerprint density at radius 3 is 2.95 bits per heavy atom. The van der Waals surface area contributed by atoms with Crippen molar-refractivity contribution >= 4 is 11.6 Å². The molecular formula is C16H19N3O2. The van der Waals surface area contributed by atoms with Gasteiger partial charge in [0.25, 0.3) is 5.91 Å². The Bertz CT molecular complexity index is 589. The minimum Gasteiger partial charge on any atom is -0.467 e. The molecule has 1 amide bonds. The van der Waals surface area contributed by atoms with Crippen LogP contribution in [0.1, 0.15) is 41.9 Å². The number of hydrogen-bond donors (Lipinski definition) is 2. The van der Waals surface area contributed by atoms with Gasteiger partial charge in [0.15, 0.2) is 0 Å². The normalized spacial score (nSPS) is 15.0.